The molecule has 96 valence electrons. The molecule has 1 rings (SSSR count). The molecule has 4 nitrogen and oxygen atoms in total. The summed E-state index contributed by atoms with van der Waals surface area (Å²) >= 11 is 0. The molecule has 0 spiro atoms. The van der Waals surface area contributed by atoms with Crippen LogP contribution in [0, 0.1) is 17.2 Å². The topological polar surface area (TPSA) is 56.1 Å². The Morgan fingerprint density at radius 1 is 1.44 bits per heavy atom. The van der Waals surface area contributed by atoms with Crippen molar-refractivity contribution in [2.45, 2.75) is 13.8 Å². The van der Waals surface area contributed by atoms with E-state index >= 15 is 0 Å². The van der Waals surface area contributed by atoms with Gasteiger partial charge < -0.3 is 10.2 Å². The quantitative estimate of drug-likeness (QED) is 0.835. The minimum atomic E-state index is -0.134. The molecule has 1 atom stereocenters. The molecular weight excluding hydrogens is 226 g/mol. The maximum Gasteiger partial charge on any atom is 0.241 e. The summed E-state index contributed by atoms with van der Waals surface area (Å²) < 4.78 is 0. The van der Waals surface area contributed by atoms with Crippen LogP contribution >= 0.6 is 0 Å². The van der Waals surface area contributed by atoms with Gasteiger partial charge in [-0.15, -0.1) is 0 Å². The van der Waals surface area contributed by atoms with E-state index in [0.717, 1.165) is 5.69 Å². The average molecular weight is 245 g/mol. The second kappa shape index (κ2) is 7.33. The Labute approximate surface area is 108 Å². The van der Waals surface area contributed by atoms with Crippen LogP contribution in [0.5, 0.6) is 0 Å². The summed E-state index contributed by atoms with van der Waals surface area (Å²) in [6, 6.07) is 11.7. The van der Waals surface area contributed by atoms with Crippen molar-refractivity contribution >= 4 is 11.6 Å². The van der Waals surface area contributed by atoms with Crippen LogP contribution in [0.25, 0.3) is 0 Å². The standard InChI is InChI=1S/C14H19N3O/c1-3-17(11-12(2)9-15)14(18)10-16-13-7-5-4-6-8-13/h4-8,12,16H,3,10-11H2,1-2H3. The minimum absolute atomic E-state index is 0.0171. The van der Waals surface area contributed by atoms with Crippen LogP contribution in [0.4, 0.5) is 5.69 Å². The highest BCUT2D eigenvalue weighted by Gasteiger charge is 2.14. The van der Waals surface area contributed by atoms with Gasteiger partial charge in [0, 0.05) is 18.8 Å². The first-order valence-corrected chi connectivity index (χ1v) is 6.13. The van der Waals surface area contributed by atoms with Crippen molar-refractivity contribution in [2.75, 3.05) is 25.0 Å². The van der Waals surface area contributed by atoms with Gasteiger partial charge in [0.05, 0.1) is 18.5 Å². The summed E-state index contributed by atoms with van der Waals surface area (Å²) in [5, 5.41) is 11.8. The Morgan fingerprint density at radius 3 is 2.67 bits per heavy atom. The molecule has 0 aliphatic heterocycles. The summed E-state index contributed by atoms with van der Waals surface area (Å²) in [6.07, 6.45) is 0. The van der Waals surface area contributed by atoms with E-state index in [2.05, 4.69) is 11.4 Å². The predicted molar refractivity (Wildman–Crippen MR) is 72.0 cm³/mol. The van der Waals surface area contributed by atoms with Crippen LogP contribution < -0.4 is 5.32 Å². The number of nitriles is 1. The molecule has 0 fully saturated rings. The number of amides is 1. The Hall–Kier alpha value is -2.02. The summed E-state index contributed by atoms with van der Waals surface area (Å²) in [5.41, 5.74) is 0.926. The number of para-hydroxylation sites is 1. The maximum atomic E-state index is 12.0. The Morgan fingerprint density at radius 2 is 2.11 bits per heavy atom. The summed E-state index contributed by atoms with van der Waals surface area (Å²) in [6.45, 7) is 5.12. The first-order valence-electron chi connectivity index (χ1n) is 6.13. The molecule has 1 aromatic rings. The van der Waals surface area contributed by atoms with E-state index in [1.165, 1.54) is 0 Å². The number of anilines is 1. The number of carbonyl (C=O) groups is 1. The molecule has 1 N–H and O–H groups in total. The van der Waals surface area contributed by atoms with Crippen molar-refractivity contribution in [3.63, 3.8) is 0 Å². The fraction of sp³-hybridized carbons (Fsp3) is 0.429. The minimum Gasteiger partial charge on any atom is -0.376 e. The van der Waals surface area contributed by atoms with Crippen LogP contribution in [0.3, 0.4) is 0 Å². The van der Waals surface area contributed by atoms with E-state index in [0.29, 0.717) is 13.1 Å². The number of hydrogen-bond acceptors (Lipinski definition) is 3. The van der Waals surface area contributed by atoms with Gasteiger partial charge in [-0.2, -0.15) is 5.26 Å². The lowest BCUT2D eigenvalue weighted by molar-refractivity contribution is -0.129. The van der Waals surface area contributed by atoms with Crippen molar-refractivity contribution in [1.82, 2.24) is 4.90 Å². The van der Waals surface area contributed by atoms with Gasteiger partial charge in [0.2, 0.25) is 5.91 Å². The lowest BCUT2D eigenvalue weighted by atomic mass is 10.2. The fourth-order valence-electron chi connectivity index (χ4n) is 1.62. The van der Waals surface area contributed by atoms with Crippen molar-refractivity contribution in [1.29, 1.82) is 5.26 Å². The lowest BCUT2D eigenvalue weighted by Crippen LogP contribution is -2.38. The van der Waals surface area contributed by atoms with Crippen LogP contribution in [-0.4, -0.2) is 30.4 Å². The average Bonchev–Trinajstić information content (AvgIpc) is 2.42. The monoisotopic (exact) mass is 245 g/mol. The van der Waals surface area contributed by atoms with E-state index in [9.17, 15) is 4.79 Å². The second-order valence-electron chi connectivity index (χ2n) is 4.18. The molecule has 18 heavy (non-hydrogen) atoms. The molecule has 1 unspecified atom stereocenters. The number of benzene rings is 1. The molecular formula is C14H19N3O. The van der Waals surface area contributed by atoms with E-state index in [-0.39, 0.29) is 18.4 Å². The molecule has 0 bridgehead atoms. The normalized spacial score (nSPS) is 11.4. The van der Waals surface area contributed by atoms with Gasteiger partial charge in [-0.25, -0.2) is 0 Å². The SMILES string of the molecule is CCN(CC(C)C#N)C(=O)CNc1ccccc1. The molecule has 0 aliphatic carbocycles. The number of nitrogens with zero attached hydrogens (tertiary/aromatic N) is 2. The highest BCUT2D eigenvalue weighted by Crippen LogP contribution is 2.05. The molecule has 0 saturated heterocycles. The molecule has 0 radical (unpaired) electrons. The summed E-state index contributed by atoms with van der Waals surface area (Å²) in [4.78, 5) is 13.7. The highest BCUT2D eigenvalue weighted by atomic mass is 16.2. The molecule has 4 heteroatoms. The van der Waals surface area contributed by atoms with E-state index < -0.39 is 0 Å². The van der Waals surface area contributed by atoms with Crippen molar-refractivity contribution < 1.29 is 4.79 Å². The predicted octanol–water partition coefficient (Wildman–Crippen LogP) is 2.11. The zero-order valence-electron chi connectivity index (χ0n) is 10.9. The fourth-order valence-corrected chi connectivity index (χ4v) is 1.62. The van der Waals surface area contributed by atoms with Gasteiger partial charge in [0.1, 0.15) is 0 Å². The number of rotatable bonds is 6. The van der Waals surface area contributed by atoms with Gasteiger partial charge in [0.25, 0.3) is 0 Å². The van der Waals surface area contributed by atoms with Gasteiger partial charge >= 0.3 is 0 Å². The molecule has 0 aliphatic rings. The highest BCUT2D eigenvalue weighted by molar-refractivity contribution is 5.80. The largest absolute Gasteiger partial charge is 0.376 e. The van der Waals surface area contributed by atoms with Gasteiger partial charge in [-0.3, -0.25) is 4.79 Å². The molecule has 1 aromatic carbocycles. The van der Waals surface area contributed by atoms with Gasteiger partial charge in [0.15, 0.2) is 0 Å². The number of nitrogens with one attached hydrogen (secondary N) is 1. The van der Waals surface area contributed by atoms with Crippen LogP contribution in [0.15, 0.2) is 30.3 Å². The Kier molecular flexibility index (Phi) is 5.72. The third-order valence-corrected chi connectivity index (χ3v) is 2.67. The Bertz CT molecular complexity index is 411. The smallest absolute Gasteiger partial charge is 0.241 e. The number of carbonyl (C=O) groups excluding carboxylic acids is 1. The summed E-state index contributed by atoms with van der Waals surface area (Å²) in [5.74, 6) is -0.117. The maximum absolute atomic E-state index is 12.0. The third-order valence-electron chi connectivity index (χ3n) is 2.67. The first kappa shape index (κ1) is 14.0. The lowest BCUT2D eigenvalue weighted by Gasteiger charge is -2.22. The van der Waals surface area contributed by atoms with E-state index in [4.69, 9.17) is 5.26 Å². The van der Waals surface area contributed by atoms with Crippen molar-refractivity contribution in [3.8, 4) is 6.07 Å². The third kappa shape index (κ3) is 4.46. The van der Waals surface area contributed by atoms with Gasteiger partial charge in [-0.1, -0.05) is 18.2 Å². The van der Waals surface area contributed by atoms with E-state index in [1.54, 1.807) is 4.90 Å². The number of likely N-dealkylation sites (N-methyl/N-ethyl adjacent to an activating group) is 1. The van der Waals surface area contributed by atoms with Gasteiger partial charge in [-0.05, 0) is 26.0 Å². The Balaban J connectivity index is 2.46. The molecule has 1 amide bonds. The second-order valence-corrected chi connectivity index (χ2v) is 4.18. The van der Waals surface area contributed by atoms with Crippen LogP contribution in [0.2, 0.25) is 0 Å². The van der Waals surface area contributed by atoms with Crippen LogP contribution in [-0.2, 0) is 4.79 Å². The van der Waals surface area contributed by atoms with Crippen molar-refractivity contribution in [2.24, 2.45) is 5.92 Å². The molecule has 0 heterocycles. The molecule has 0 saturated carbocycles. The zero-order chi connectivity index (χ0) is 13.4. The molecule has 0 aromatic heterocycles. The van der Waals surface area contributed by atoms with Crippen molar-refractivity contribution in [3.05, 3.63) is 30.3 Å². The van der Waals surface area contributed by atoms with E-state index in [1.807, 2.05) is 44.2 Å². The first-order chi connectivity index (χ1) is 8.67. The summed E-state index contributed by atoms with van der Waals surface area (Å²) in [7, 11) is 0. The zero-order valence-corrected chi connectivity index (χ0v) is 10.9. The van der Waals surface area contributed by atoms with Crippen LogP contribution in [0.1, 0.15) is 13.8 Å². The number of hydrogen-bond donors (Lipinski definition) is 1.